The summed E-state index contributed by atoms with van der Waals surface area (Å²) < 4.78 is 10.7. The van der Waals surface area contributed by atoms with Crippen LogP contribution < -0.4 is 10.1 Å². The third kappa shape index (κ3) is 5.41. The predicted molar refractivity (Wildman–Crippen MR) is 98.9 cm³/mol. The van der Waals surface area contributed by atoms with E-state index in [4.69, 9.17) is 9.47 Å². The zero-order valence-corrected chi connectivity index (χ0v) is 15.4. The second-order valence-electron chi connectivity index (χ2n) is 6.55. The normalized spacial score (nSPS) is 19.2. The van der Waals surface area contributed by atoms with Crippen LogP contribution in [0.2, 0.25) is 0 Å². The Hall–Kier alpha value is -1.75. The van der Waals surface area contributed by atoms with Crippen LogP contribution in [-0.2, 0) is 4.74 Å². The number of benzene rings is 1. The van der Waals surface area contributed by atoms with Gasteiger partial charge in [-0.05, 0) is 36.5 Å². The molecular formula is C19H31N3O2. The second-order valence-corrected chi connectivity index (χ2v) is 6.55. The Morgan fingerprint density at radius 3 is 2.75 bits per heavy atom. The maximum Gasteiger partial charge on any atom is 0.193 e. The fourth-order valence-corrected chi connectivity index (χ4v) is 3.09. The van der Waals surface area contributed by atoms with Gasteiger partial charge in [0, 0.05) is 39.7 Å². The fourth-order valence-electron chi connectivity index (χ4n) is 3.09. The van der Waals surface area contributed by atoms with Crippen LogP contribution in [0.25, 0.3) is 0 Å². The highest BCUT2D eigenvalue weighted by molar-refractivity contribution is 5.79. The molecule has 1 aromatic carbocycles. The van der Waals surface area contributed by atoms with Crippen molar-refractivity contribution in [2.45, 2.75) is 25.7 Å². The van der Waals surface area contributed by atoms with E-state index in [2.05, 4.69) is 41.3 Å². The Bertz CT molecular complexity index is 510. The van der Waals surface area contributed by atoms with E-state index >= 15 is 0 Å². The van der Waals surface area contributed by atoms with Gasteiger partial charge in [0.1, 0.15) is 5.75 Å². The molecule has 1 aliphatic rings. The van der Waals surface area contributed by atoms with Gasteiger partial charge in [0.2, 0.25) is 0 Å². The van der Waals surface area contributed by atoms with Crippen LogP contribution in [0.15, 0.2) is 29.3 Å². The van der Waals surface area contributed by atoms with Crippen molar-refractivity contribution >= 4 is 5.96 Å². The Morgan fingerprint density at radius 1 is 1.42 bits per heavy atom. The minimum Gasteiger partial charge on any atom is -0.497 e. The topological polar surface area (TPSA) is 46.1 Å². The molecule has 5 heteroatoms. The summed E-state index contributed by atoms with van der Waals surface area (Å²) >= 11 is 0. The lowest BCUT2D eigenvalue weighted by Crippen LogP contribution is -2.42. The molecule has 0 radical (unpaired) electrons. The van der Waals surface area contributed by atoms with Gasteiger partial charge in [0.15, 0.2) is 5.96 Å². The van der Waals surface area contributed by atoms with Crippen LogP contribution in [0.1, 0.15) is 31.2 Å². The summed E-state index contributed by atoms with van der Waals surface area (Å²) in [5.41, 5.74) is 1.34. The fraction of sp³-hybridized carbons (Fsp3) is 0.632. The zero-order valence-electron chi connectivity index (χ0n) is 15.4. The monoisotopic (exact) mass is 333 g/mol. The van der Waals surface area contributed by atoms with Crippen LogP contribution in [0, 0.1) is 5.92 Å². The van der Waals surface area contributed by atoms with Crippen molar-refractivity contribution in [3.63, 3.8) is 0 Å². The average Bonchev–Trinajstić information content (AvgIpc) is 3.11. The minimum atomic E-state index is 0.495. The van der Waals surface area contributed by atoms with Crippen LogP contribution in [0.4, 0.5) is 0 Å². The summed E-state index contributed by atoms with van der Waals surface area (Å²) in [6.45, 7) is 5.92. The van der Waals surface area contributed by atoms with Gasteiger partial charge in [0.25, 0.3) is 0 Å². The lowest BCUT2D eigenvalue weighted by atomic mass is 9.98. The molecule has 0 bridgehead atoms. The summed E-state index contributed by atoms with van der Waals surface area (Å²) in [5.74, 6) is 2.98. The summed E-state index contributed by atoms with van der Waals surface area (Å²) in [7, 11) is 5.64. The molecule has 1 aromatic rings. The van der Waals surface area contributed by atoms with E-state index in [1.165, 1.54) is 5.56 Å². The number of rotatable bonds is 7. The molecule has 1 heterocycles. The van der Waals surface area contributed by atoms with Gasteiger partial charge in [-0.3, -0.25) is 4.99 Å². The number of hydrogen-bond acceptors (Lipinski definition) is 3. The van der Waals surface area contributed by atoms with E-state index in [9.17, 15) is 0 Å². The van der Waals surface area contributed by atoms with Crippen LogP contribution in [0.5, 0.6) is 5.75 Å². The average molecular weight is 333 g/mol. The molecule has 1 fully saturated rings. The third-order valence-electron chi connectivity index (χ3n) is 4.67. The number of aliphatic imine (C=N–C) groups is 1. The van der Waals surface area contributed by atoms with Crippen molar-refractivity contribution in [2.24, 2.45) is 10.9 Å². The lowest BCUT2D eigenvalue weighted by Gasteiger charge is -2.25. The van der Waals surface area contributed by atoms with Gasteiger partial charge < -0.3 is 19.7 Å². The van der Waals surface area contributed by atoms with Gasteiger partial charge in [-0.2, -0.15) is 0 Å². The molecule has 2 atom stereocenters. The van der Waals surface area contributed by atoms with E-state index in [0.717, 1.165) is 50.9 Å². The van der Waals surface area contributed by atoms with E-state index in [1.54, 1.807) is 7.11 Å². The Labute approximate surface area is 146 Å². The molecule has 0 spiro atoms. The zero-order chi connectivity index (χ0) is 17.4. The van der Waals surface area contributed by atoms with Crippen LogP contribution in [-0.4, -0.2) is 58.4 Å². The number of nitrogens with zero attached hydrogens (tertiary/aromatic N) is 2. The molecule has 24 heavy (non-hydrogen) atoms. The largest absolute Gasteiger partial charge is 0.497 e. The molecular weight excluding hydrogens is 302 g/mol. The number of nitrogens with one attached hydrogen (secondary N) is 1. The van der Waals surface area contributed by atoms with Crippen molar-refractivity contribution in [1.82, 2.24) is 10.2 Å². The van der Waals surface area contributed by atoms with Crippen molar-refractivity contribution in [3.8, 4) is 5.75 Å². The van der Waals surface area contributed by atoms with E-state index in [0.29, 0.717) is 11.8 Å². The summed E-state index contributed by atoms with van der Waals surface area (Å²) in [6.07, 6.45) is 2.21. The lowest BCUT2D eigenvalue weighted by molar-refractivity contribution is 0.181. The first-order valence-corrected chi connectivity index (χ1v) is 8.77. The van der Waals surface area contributed by atoms with Crippen molar-refractivity contribution in [2.75, 3.05) is 47.5 Å². The smallest absolute Gasteiger partial charge is 0.193 e. The van der Waals surface area contributed by atoms with Gasteiger partial charge in [0.05, 0.1) is 13.7 Å². The van der Waals surface area contributed by atoms with Gasteiger partial charge >= 0.3 is 0 Å². The number of hydrogen-bond donors (Lipinski definition) is 1. The first kappa shape index (κ1) is 18.6. The molecule has 0 aromatic heterocycles. The van der Waals surface area contributed by atoms with Crippen molar-refractivity contribution in [3.05, 3.63) is 29.8 Å². The molecule has 1 aliphatic heterocycles. The first-order valence-electron chi connectivity index (χ1n) is 8.77. The Kier molecular flexibility index (Phi) is 7.37. The predicted octanol–water partition coefficient (Wildman–Crippen LogP) is 2.73. The highest BCUT2D eigenvalue weighted by Gasteiger charge is 2.19. The van der Waals surface area contributed by atoms with Crippen molar-refractivity contribution < 1.29 is 9.47 Å². The van der Waals surface area contributed by atoms with Crippen molar-refractivity contribution in [1.29, 1.82) is 0 Å². The highest BCUT2D eigenvalue weighted by Crippen LogP contribution is 2.21. The number of guanidine groups is 1. The quantitative estimate of drug-likeness (QED) is 0.616. The second kappa shape index (κ2) is 9.52. The summed E-state index contributed by atoms with van der Waals surface area (Å²) in [5, 5.41) is 3.48. The first-order chi connectivity index (χ1) is 11.6. The molecule has 2 unspecified atom stereocenters. The Balaban J connectivity index is 1.75. The molecule has 0 amide bonds. The molecule has 0 aliphatic carbocycles. The maximum absolute atomic E-state index is 5.45. The SMILES string of the molecule is CN=C(NCCC(C)c1ccc(OC)cc1)N(C)CC1CCOC1. The molecule has 0 saturated carbocycles. The van der Waals surface area contributed by atoms with E-state index < -0.39 is 0 Å². The van der Waals surface area contributed by atoms with Gasteiger partial charge in [-0.25, -0.2) is 0 Å². The van der Waals surface area contributed by atoms with E-state index in [-0.39, 0.29) is 0 Å². The third-order valence-corrected chi connectivity index (χ3v) is 4.67. The molecule has 1 N–H and O–H groups in total. The molecule has 134 valence electrons. The summed E-state index contributed by atoms with van der Waals surface area (Å²) in [6, 6.07) is 8.33. The number of methoxy groups -OCH3 is 1. The molecule has 1 saturated heterocycles. The van der Waals surface area contributed by atoms with Crippen LogP contribution in [0.3, 0.4) is 0 Å². The van der Waals surface area contributed by atoms with Gasteiger partial charge in [-0.1, -0.05) is 19.1 Å². The highest BCUT2D eigenvalue weighted by atomic mass is 16.5. The molecule has 2 rings (SSSR count). The maximum atomic E-state index is 5.45. The minimum absolute atomic E-state index is 0.495. The summed E-state index contributed by atoms with van der Waals surface area (Å²) in [4.78, 5) is 6.60. The molecule has 5 nitrogen and oxygen atoms in total. The standard InChI is InChI=1S/C19H31N3O2/c1-15(17-5-7-18(23-4)8-6-17)9-11-21-19(20-2)22(3)13-16-10-12-24-14-16/h5-8,15-16H,9-14H2,1-4H3,(H,20,21). The van der Waals surface area contributed by atoms with Crippen LogP contribution >= 0.6 is 0 Å². The van der Waals surface area contributed by atoms with Gasteiger partial charge in [-0.15, -0.1) is 0 Å². The van der Waals surface area contributed by atoms with E-state index in [1.807, 2.05) is 19.2 Å². The Morgan fingerprint density at radius 2 is 2.17 bits per heavy atom. The number of ether oxygens (including phenoxy) is 2.